The first-order valence-corrected chi connectivity index (χ1v) is 6.11. The first kappa shape index (κ1) is 14.4. The maximum atomic E-state index is 13.5. The van der Waals surface area contributed by atoms with Crippen LogP contribution >= 0.6 is 0 Å². The Morgan fingerprint density at radius 2 is 1.45 bits per heavy atom. The highest BCUT2D eigenvalue weighted by Crippen LogP contribution is 2.21. The first-order valence-electron chi connectivity index (χ1n) is 6.11. The van der Waals surface area contributed by atoms with Crippen molar-refractivity contribution < 1.29 is 17.6 Å². The Morgan fingerprint density at radius 3 is 2.00 bits per heavy atom. The molecule has 106 valence electrons. The monoisotopic (exact) mass is 283 g/mol. The van der Waals surface area contributed by atoms with E-state index in [2.05, 4.69) is 5.32 Å². The summed E-state index contributed by atoms with van der Waals surface area (Å²) in [5, 5.41) is 2.66. The average Bonchev–Trinajstić information content (AvgIpc) is 2.36. The minimum Gasteiger partial charge on any atom is -0.378 e. The zero-order valence-electron chi connectivity index (χ0n) is 10.8. The highest BCUT2D eigenvalue weighted by atomic mass is 19.1. The zero-order chi connectivity index (χ0) is 14.7. The molecular formula is C15H13F4N. The van der Waals surface area contributed by atoms with Gasteiger partial charge < -0.3 is 5.32 Å². The van der Waals surface area contributed by atoms with Crippen LogP contribution in [-0.4, -0.2) is 6.04 Å². The first-order chi connectivity index (χ1) is 9.45. The molecule has 0 saturated carbocycles. The molecule has 0 saturated heterocycles. The van der Waals surface area contributed by atoms with E-state index in [1.807, 2.05) is 0 Å². The molecule has 5 heteroatoms. The van der Waals surface area contributed by atoms with Crippen LogP contribution in [-0.2, 0) is 6.42 Å². The van der Waals surface area contributed by atoms with E-state index in [-0.39, 0.29) is 17.5 Å². The van der Waals surface area contributed by atoms with Crippen LogP contribution in [0.25, 0.3) is 0 Å². The van der Waals surface area contributed by atoms with Crippen molar-refractivity contribution in [3.05, 3.63) is 65.2 Å². The Morgan fingerprint density at radius 1 is 0.900 bits per heavy atom. The van der Waals surface area contributed by atoms with Crippen LogP contribution in [0.2, 0.25) is 0 Å². The molecule has 0 aliphatic carbocycles. The van der Waals surface area contributed by atoms with E-state index in [4.69, 9.17) is 0 Å². The molecule has 0 spiro atoms. The Kier molecular flexibility index (Phi) is 4.27. The molecule has 0 radical (unpaired) electrons. The predicted octanol–water partition coefficient (Wildman–Crippen LogP) is 4.29. The lowest BCUT2D eigenvalue weighted by Crippen LogP contribution is -2.20. The SMILES string of the molecule is CC(Cc1ccc(F)cc1)Nc1c(F)cc(F)cc1F. The molecule has 2 aromatic carbocycles. The van der Waals surface area contributed by atoms with Gasteiger partial charge in [0.15, 0.2) is 11.6 Å². The lowest BCUT2D eigenvalue weighted by Gasteiger charge is -2.16. The minimum absolute atomic E-state index is 0.296. The summed E-state index contributed by atoms with van der Waals surface area (Å²) < 4.78 is 52.5. The zero-order valence-corrected chi connectivity index (χ0v) is 10.8. The molecule has 1 N–H and O–H groups in total. The van der Waals surface area contributed by atoms with Crippen molar-refractivity contribution in [2.75, 3.05) is 5.32 Å². The van der Waals surface area contributed by atoms with Gasteiger partial charge >= 0.3 is 0 Å². The van der Waals surface area contributed by atoms with E-state index in [1.165, 1.54) is 12.1 Å². The van der Waals surface area contributed by atoms with Crippen LogP contribution in [0.1, 0.15) is 12.5 Å². The number of rotatable bonds is 4. The number of nitrogens with one attached hydrogen (secondary N) is 1. The third-order valence-electron chi connectivity index (χ3n) is 2.85. The molecule has 1 unspecified atom stereocenters. The van der Waals surface area contributed by atoms with Gasteiger partial charge in [-0.2, -0.15) is 0 Å². The fourth-order valence-electron chi connectivity index (χ4n) is 1.95. The van der Waals surface area contributed by atoms with E-state index >= 15 is 0 Å². The quantitative estimate of drug-likeness (QED) is 0.826. The molecule has 2 rings (SSSR count). The van der Waals surface area contributed by atoms with Gasteiger partial charge in [0.2, 0.25) is 0 Å². The normalized spacial score (nSPS) is 12.2. The number of halogens is 4. The summed E-state index contributed by atoms with van der Waals surface area (Å²) in [5.74, 6) is -3.26. The molecule has 0 bridgehead atoms. The Balaban J connectivity index is 2.08. The van der Waals surface area contributed by atoms with Crippen molar-refractivity contribution in [1.82, 2.24) is 0 Å². The lowest BCUT2D eigenvalue weighted by molar-refractivity contribution is 0.544. The van der Waals surface area contributed by atoms with Crippen molar-refractivity contribution in [2.24, 2.45) is 0 Å². The third-order valence-corrected chi connectivity index (χ3v) is 2.85. The van der Waals surface area contributed by atoms with Crippen LogP contribution in [0.15, 0.2) is 36.4 Å². The number of hydrogen-bond acceptors (Lipinski definition) is 1. The summed E-state index contributed by atoms with van der Waals surface area (Å²) in [4.78, 5) is 0. The van der Waals surface area contributed by atoms with E-state index in [0.29, 0.717) is 18.6 Å². The topological polar surface area (TPSA) is 12.0 Å². The van der Waals surface area contributed by atoms with Gasteiger partial charge in [-0.15, -0.1) is 0 Å². The minimum atomic E-state index is -0.978. The van der Waals surface area contributed by atoms with Crippen molar-refractivity contribution in [3.8, 4) is 0 Å². The maximum Gasteiger partial charge on any atom is 0.152 e. The molecule has 0 heterocycles. The fourth-order valence-corrected chi connectivity index (χ4v) is 1.95. The van der Waals surface area contributed by atoms with Crippen molar-refractivity contribution in [1.29, 1.82) is 0 Å². The molecule has 0 aliphatic heterocycles. The molecule has 1 atom stereocenters. The van der Waals surface area contributed by atoms with Crippen LogP contribution < -0.4 is 5.32 Å². The molecule has 2 aromatic rings. The van der Waals surface area contributed by atoms with E-state index < -0.39 is 17.5 Å². The Bertz CT molecular complexity index is 572. The van der Waals surface area contributed by atoms with Gasteiger partial charge in [0, 0.05) is 18.2 Å². The predicted molar refractivity (Wildman–Crippen MR) is 69.5 cm³/mol. The van der Waals surface area contributed by atoms with Crippen molar-refractivity contribution in [3.63, 3.8) is 0 Å². The third kappa shape index (κ3) is 3.50. The second kappa shape index (κ2) is 5.94. The average molecular weight is 283 g/mol. The Hall–Kier alpha value is -2.04. The highest BCUT2D eigenvalue weighted by Gasteiger charge is 2.14. The molecule has 0 amide bonds. The molecule has 20 heavy (non-hydrogen) atoms. The number of anilines is 1. The van der Waals surface area contributed by atoms with E-state index in [0.717, 1.165) is 5.56 Å². The Labute approximate surface area is 114 Å². The van der Waals surface area contributed by atoms with Gasteiger partial charge in [0.1, 0.15) is 17.3 Å². The van der Waals surface area contributed by atoms with Crippen molar-refractivity contribution in [2.45, 2.75) is 19.4 Å². The van der Waals surface area contributed by atoms with Crippen LogP contribution in [0, 0.1) is 23.3 Å². The second-order valence-corrected chi connectivity index (χ2v) is 4.62. The van der Waals surface area contributed by atoms with Gasteiger partial charge in [-0.25, -0.2) is 17.6 Å². The van der Waals surface area contributed by atoms with Gasteiger partial charge in [0.25, 0.3) is 0 Å². The molecule has 0 aliphatic rings. The number of hydrogen-bond donors (Lipinski definition) is 1. The van der Waals surface area contributed by atoms with Gasteiger partial charge in [-0.3, -0.25) is 0 Å². The molecule has 0 aromatic heterocycles. The lowest BCUT2D eigenvalue weighted by atomic mass is 10.1. The summed E-state index contributed by atoms with van der Waals surface area (Å²) in [5.41, 5.74) is 0.468. The fraction of sp³-hybridized carbons (Fsp3) is 0.200. The summed E-state index contributed by atoms with van der Waals surface area (Å²) in [6.07, 6.45) is 0.455. The molecule has 1 nitrogen and oxygen atoms in total. The standard InChI is InChI=1S/C15H13F4N/c1-9(6-10-2-4-11(16)5-3-10)20-15-13(18)7-12(17)8-14(15)19/h2-5,7-9,20H,6H2,1H3. The molecule has 0 fully saturated rings. The maximum absolute atomic E-state index is 13.5. The summed E-state index contributed by atoms with van der Waals surface area (Å²) in [6.45, 7) is 1.73. The molecular weight excluding hydrogens is 270 g/mol. The van der Waals surface area contributed by atoms with E-state index in [1.54, 1.807) is 19.1 Å². The summed E-state index contributed by atoms with van der Waals surface area (Å²) >= 11 is 0. The largest absolute Gasteiger partial charge is 0.378 e. The van der Waals surface area contributed by atoms with Crippen LogP contribution in [0.3, 0.4) is 0 Å². The smallest absolute Gasteiger partial charge is 0.152 e. The van der Waals surface area contributed by atoms with Crippen molar-refractivity contribution >= 4 is 5.69 Å². The summed E-state index contributed by atoms with van der Waals surface area (Å²) in [6, 6.07) is 6.79. The highest BCUT2D eigenvalue weighted by molar-refractivity contribution is 5.47. The van der Waals surface area contributed by atoms with Gasteiger partial charge in [-0.05, 0) is 31.0 Å². The van der Waals surface area contributed by atoms with Crippen LogP contribution in [0.4, 0.5) is 23.2 Å². The van der Waals surface area contributed by atoms with E-state index in [9.17, 15) is 17.6 Å². The number of benzene rings is 2. The van der Waals surface area contributed by atoms with Gasteiger partial charge in [-0.1, -0.05) is 12.1 Å². The van der Waals surface area contributed by atoms with Crippen LogP contribution in [0.5, 0.6) is 0 Å². The second-order valence-electron chi connectivity index (χ2n) is 4.62. The van der Waals surface area contributed by atoms with Gasteiger partial charge in [0.05, 0.1) is 0 Å². The summed E-state index contributed by atoms with van der Waals surface area (Å²) in [7, 11) is 0.